The predicted molar refractivity (Wildman–Crippen MR) is 163 cm³/mol. The average molecular weight is 892 g/mol. The van der Waals surface area contributed by atoms with E-state index >= 15 is 0 Å². The lowest BCUT2D eigenvalue weighted by atomic mass is 9.78. The molecule has 2 saturated carbocycles. The second-order valence-electron chi connectivity index (χ2n) is 10.3. The highest BCUT2D eigenvalue weighted by Gasteiger charge is 2.70. The second-order valence-corrected chi connectivity index (χ2v) is 15.2. The first-order valence-electron chi connectivity index (χ1n) is 12.1. The third kappa shape index (κ3) is 5.22. The minimum atomic E-state index is -4.49. The molecule has 13 heteroatoms. The maximum atomic E-state index is 13.6. The van der Waals surface area contributed by atoms with Crippen molar-refractivity contribution in [1.82, 2.24) is 0 Å². The molecule has 1 N–H and O–H groups in total. The van der Waals surface area contributed by atoms with Crippen LogP contribution in [0.25, 0.3) is 0 Å². The summed E-state index contributed by atoms with van der Waals surface area (Å²) in [4.78, 5) is 39.3. The Morgan fingerprint density at radius 1 is 1.10 bits per heavy atom. The Bertz CT molecular complexity index is 1520. The first-order chi connectivity index (χ1) is 18.2. The fourth-order valence-electron chi connectivity index (χ4n) is 6.00. The number of aryl methyl sites for hydroxylation is 1. The summed E-state index contributed by atoms with van der Waals surface area (Å²) in [5.74, 6) is -4.16. The second kappa shape index (κ2) is 10.7. The molecule has 0 radical (unpaired) electrons. The highest BCUT2D eigenvalue weighted by Crippen LogP contribution is 2.59. The number of rotatable bonds is 6. The monoisotopic (exact) mass is 892 g/mol. The minimum absolute atomic E-state index is 0.137. The molecule has 1 saturated heterocycles. The lowest BCUT2D eigenvalue weighted by molar-refractivity contribution is -0.149. The number of ether oxygens (including phenoxy) is 3. The summed E-state index contributed by atoms with van der Waals surface area (Å²) in [6.07, 6.45) is -0.913. The fraction of sp³-hybridized carbons (Fsp3) is 0.423. The van der Waals surface area contributed by atoms with Gasteiger partial charge in [0, 0.05) is 22.5 Å². The van der Waals surface area contributed by atoms with E-state index in [2.05, 4.69) is 67.8 Å². The largest absolute Gasteiger partial charge is 0.458 e. The zero-order valence-electron chi connectivity index (χ0n) is 20.8. The van der Waals surface area contributed by atoms with Crippen molar-refractivity contribution in [3.05, 3.63) is 51.7 Å². The highest BCUT2D eigenvalue weighted by atomic mass is 127. The van der Waals surface area contributed by atoms with Gasteiger partial charge in [0.15, 0.2) is 0 Å². The summed E-state index contributed by atoms with van der Waals surface area (Å²) < 4.78 is 53.3. The SMILES string of the molecule is Cc1cc(S(=O)(=O)O)c(C(C)C)cc1OC(=O)C1C2CC3C(OC(=O)C31)C2OC(=O)c1cc(I)cc(I)c1I. The number of hydrogen-bond acceptors (Lipinski definition) is 8. The van der Waals surface area contributed by atoms with Gasteiger partial charge in [0.25, 0.3) is 10.1 Å². The Labute approximate surface area is 266 Å². The van der Waals surface area contributed by atoms with Gasteiger partial charge in [-0.1, -0.05) is 13.8 Å². The number of hydrogen-bond donors (Lipinski definition) is 1. The van der Waals surface area contributed by atoms with Crippen molar-refractivity contribution in [2.45, 2.75) is 50.2 Å². The molecular formula is C26H23I3O9S. The first kappa shape index (κ1) is 29.4. The average Bonchev–Trinajstić information content (AvgIpc) is 3.45. The maximum absolute atomic E-state index is 13.6. The van der Waals surface area contributed by atoms with Crippen molar-refractivity contribution in [3.63, 3.8) is 0 Å². The molecule has 1 heterocycles. The van der Waals surface area contributed by atoms with Crippen molar-refractivity contribution >= 4 is 95.8 Å². The molecule has 2 aromatic rings. The van der Waals surface area contributed by atoms with Gasteiger partial charge in [-0.2, -0.15) is 8.42 Å². The maximum Gasteiger partial charge on any atom is 0.339 e. The highest BCUT2D eigenvalue weighted by molar-refractivity contribution is 14.1. The number of esters is 3. The van der Waals surface area contributed by atoms with Crippen LogP contribution in [0.4, 0.5) is 0 Å². The van der Waals surface area contributed by atoms with Gasteiger partial charge in [0.1, 0.15) is 18.0 Å². The van der Waals surface area contributed by atoms with E-state index in [1.54, 1.807) is 26.8 Å². The molecule has 9 nitrogen and oxygen atoms in total. The number of carbonyl (C=O) groups excluding carboxylic acids is 3. The summed E-state index contributed by atoms with van der Waals surface area (Å²) in [5, 5.41) is 0. The van der Waals surface area contributed by atoms with E-state index in [-0.39, 0.29) is 22.5 Å². The Kier molecular flexibility index (Phi) is 8.04. The van der Waals surface area contributed by atoms with Crippen LogP contribution < -0.4 is 4.74 Å². The molecule has 2 aromatic carbocycles. The van der Waals surface area contributed by atoms with Crippen LogP contribution in [0.15, 0.2) is 29.2 Å². The topological polar surface area (TPSA) is 133 Å². The summed E-state index contributed by atoms with van der Waals surface area (Å²) in [6.45, 7) is 5.08. The van der Waals surface area contributed by atoms with Crippen molar-refractivity contribution in [2.75, 3.05) is 0 Å². The number of carbonyl (C=O) groups is 3. The van der Waals surface area contributed by atoms with Crippen LogP contribution in [-0.4, -0.2) is 43.1 Å². The van der Waals surface area contributed by atoms with Gasteiger partial charge in [0.2, 0.25) is 0 Å². The lowest BCUT2D eigenvalue weighted by Gasteiger charge is -2.30. The molecular weight excluding hydrogens is 869 g/mol. The van der Waals surface area contributed by atoms with Crippen LogP contribution in [-0.2, 0) is 29.2 Å². The van der Waals surface area contributed by atoms with Crippen LogP contribution in [0, 0.1) is 41.3 Å². The molecule has 6 atom stereocenters. The van der Waals surface area contributed by atoms with Gasteiger partial charge in [-0.15, -0.1) is 0 Å². The Morgan fingerprint density at radius 3 is 2.44 bits per heavy atom. The standard InChI is InChI=1S/C26H23I3O9S/c1-9(2)12-8-17(10(3)4-18(12)39(33,34)35)36-25(31)19-13-7-14-20(19)26(32)38-23(14)22(13)37-24(30)15-5-11(27)6-16(28)21(15)29/h4-6,8-9,13-14,19-20,22-23H,7H2,1-3H3,(H,33,34,35). The van der Waals surface area contributed by atoms with Gasteiger partial charge < -0.3 is 14.2 Å². The van der Waals surface area contributed by atoms with Crippen LogP contribution in [0.1, 0.15) is 47.7 Å². The van der Waals surface area contributed by atoms with E-state index in [9.17, 15) is 27.4 Å². The minimum Gasteiger partial charge on any atom is -0.458 e. The Morgan fingerprint density at radius 2 is 1.79 bits per heavy atom. The van der Waals surface area contributed by atoms with Gasteiger partial charge in [-0.25, -0.2) is 4.79 Å². The molecule has 0 aromatic heterocycles. The van der Waals surface area contributed by atoms with Gasteiger partial charge in [-0.05, 0) is 122 Å². The van der Waals surface area contributed by atoms with E-state index in [1.807, 2.05) is 6.07 Å². The van der Waals surface area contributed by atoms with Gasteiger partial charge in [-0.3, -0.25) is 14.1 Å². The molecule has 0 spiro atoms. The number of benzene rings is 2. The van der Waals surface area contributed by atoms with Crippen molar-refractivity contribution in [3.8, 4) is 5.75 Å². The molecule has 5 rings (SSSR count). The quantitative estimate of drug-likeness (QED) is 0.138. The van der Waals surface area contributed by atoms with Crippen molar-refractivity contribution < 1.29 is 41.6 Å². The number of fused-ring (bicyclic) bond motifs is 1. The van der Waals surface area contributed by atoms with E-state index < -0.39 is 58.0 Å². The van der Waals surface area contributed by atoms with Crippen LogP contribution in [0.3, 0.4) is 0 Å². The normalized spacial score (nSPS) is 27.1. The van der Waals surface area contributed by atoms with E-state index in [0.29, 0.717) is 23.1 Å². The van der Waals surface area contributed by atoms with E-state index in [1.165, 1.54) is 12.1 Å². The van der Waals surface area contributed by atoms with E-state index in [0.717, 1.165) is 10.7 Å². The molecule has 2 aliphatic carbocycles. The van der Waals surface area contributed by atoms with Gasteiger partial charge in [0.05, 0.1) is 22.3 Å². The molecule has 3 fully saturated rings. The third-order valence-corrected chi connectivity index (χ3v) is 12.3. The molecule has 39 heavy (non-hydrogen) atoms. The fourth-order valence-corrected chi connectivity index (χ4v) is 9.29. The summed E-state index contributed by atoms with van der Waals surface area (Å²) in [6, 6.07) is 6.38. The molecule has 6 unspecified atom stereocenters. The smallest absolute Gasteiger partial charge is 0.339 e. The molecule has 3 aliphatic rings. The number of halogens is 3. The summed E-state index contributed by atoms with van der Waals surface area (Å²) >= 11 is 6.37. The zero-order valence-corrected chi connectivity index (χ0v) is 28.1. The Hall–Kier alpha value is -1.05. The van der Waals surface area contributed by atoms with Crippen molar-refractivity contribution in [2.24, 2.45) is 23.7 Å². The molecule has 208 valence electrons. The van der Waals surface area contributed by atoms with Crippen LogP contribution in [0.2, 0.25) is 0 Å². The van der Waals surface area contributed by atoms with Crippen LogP contribution >= 0.6 is 67.8 Å². The van der Waals surface area contributed by atoms with Gasteiger partial charge >= 0.3 is 17.9 Å². The molecule has 1 aliphatic heterocycles. The lowest BCUT2D eigenvalue weighted by Crippen LogP contribution is -2.44. The summed E-state index contributed by atoms with van der Waals surface area (Å²) in [5.41, 5.74) is 1.04. The zero-order chi connectivity index (χ0) is 28.5. The molecule has 2 bridgehead atoms. The Balaban J connectivity index is 1.43. The predicted octanol–water partition coefficient (Wildman–Crippen LogP) is 5.12. The summed E-state index contributed by atoms with van der Waals surface area (Å²) in [7, 11) is -4.49. The van der Waals surface area contributed by atoms with Crippen LogP contribution in [0.5, 0.6) is 5.75 Å². The van der Waals surface area contributed by atoms with Crippen molar-refractivity contribution in [1.29, 1.82) is 0 Å². The third-order valence-electron chi connectivity index (χ3n) is 7.69. The first-order valence-corrected chi connectivity index (χ1v) is 16.8. The molecule has 0 amide bonds. The van der Waals surface area contributed by atoms with E-state index in [4.69, 9.17) is 14.2 Å².